The first kappa shape index (κ1) is 20.1. The number of aromatic nitrogens is 2. The largest absolute Gasteiger partial charge is 0.451 e. The van der Waals surface area contributed by atoms with Gasteiger partial charge in [-0.25, -0.2) is 4.98 Å². The summed E-state index contributed by atoms with van der Waals surface area (Å²) < 4.78 is 6.82. The highest BCUT2D eigenvalue weighted by Gasteiger charge is 2.25. The summed E-state index contributed by atoms with van der Waals surface area (Å²) in [5.41, 5.74) is 2.84. The highest BCUT2D eigenvalue weighted by atomic mass is 32.1. The molecule has 0 aliphatic heterocycles. The van der Waals surface area contributed by atoms with Gasteiger partial charge in [0.05, 0.1) is 27.8 Å². The van der Waals surface area contributed by atoms with Crippen LogP contribution in [0, 0.1) is 0 Å². The third-order valence-corrected chi connectivity index (χ3v) is 6.26. The number of thiazole rings is 1. The van der Waals surface area contributed by atoms with Crippen LogP contribution < -0.4 is 10.3 Å². The first-order valence-corrected chi connectivity index (χ1v) is 11.1. The molecule has 0 N–H and O–H groups in total. The average Bonchev–Trinajstić information content (AvgIpc) is 3.25. The normalized spacial score (nSPS) is 11.2. The number of aryl methyl sites for hydroxylation is 1. The summed E-state index contributed by atoms with van der Waals surface area (Å²) in [4.78, 5) is 36.7. The fraction of sp³-hybridized carbons (Fsp3) is 0.120. The van der Waals surface area contributed by atoms with E-state index in [0.717, 1.165) is 16.6 Å². The Bertz CT molecular complexity index is 1490. The van der Waals surface area contributed by atoms with Gasteiger partial charge >= 0.3 is 0 Å². The van der Waals surface area contributed by atoms with E-state index in [0.29, 0.717) is 21.8 Å². The molecule has 0 saturated carbocycles. The maximum Gasteiger partial charge on any atom is 0.296 e. The number of pyridine rings is 1. The molecule has 3 aromatic heterocycles. The smallest absolute Gasteiger partial charge is 0.296 e. The van der Waals surface area contributed by atoms with Crippen LogP contribution in [-0.2, 0) is 13.0 Å². The maximum atomic E-state index is 13.6. The van der Waals surface area contributed by atoms with E-state index < -0.39 is 5.91 Å². The summed E-state index contributed by atoms with van der Waals surface area (Å²) in [5, 5.41) is 0.965. The van der Waals surface area contributed by atoms with E-state index in [4.69, 9.17) is 9.40 Å². The van der Waals surface area contributed by atoms with Gasteiger partial charge < -0.3 is 4.42 Å². The molecule has 0 spiro atoms. The monoisotopic (exact) mass is 441 g/mol. The molecule has 5 aromatic rings. The molecule has 3 heterocycles. The van der Waals surface area contributed by atoms with E-state index in [1.807, 2.05) is 30.3 Å². The van der Waals surface area contributed by atoms with Crippen LogP contribution in [0.2, 0.25) is 0 Å². The second kappa shape index (κ2) is 8.36. The number of amides is 1. The Morgan fingerprint density at radius 2 is 1.91 bits per heavy atom. The number of carbonyl (C=O) groups excluding carboxylic acids is 1. The lowest BCUT2D eigenvalue weighted by Gasteiger charge is -2.19. The molecule has 6 nitrogen and oxygen atoms in total. The van der Waals surface area contributed by atoms with Crippen molar-refractivity contribution in [1.29, 1.82) is 0 Å². The Kier molecular flexibility index (Phi) is 5.25. The Balaban J connectivity index is 1.61. The van der Waals surface area contributed by atoms with E-state index in [1.54, 1.807) is 30.5 Å². The minimum absolute atomic E-state index is 0.0295. The van der Waals surface area contributed by atoms with Gasteiger partial charge in [0.25, 0.3) is 5.91 Å². The van der Waals surface area contributed by atoms with Gasteiger partial charge in [-0.05, 0) is 48.4 Å². The van der Waals surface area contributed by atoms with Gasteiger partial charge in [-0.1, -0.05) is 42.5 Å². The number of anilines is 1. The average molecular weight is 442 g/mol. The highest BCUT2D eigenvalue weighted by molar-refractivity contribution is 7.22. The molecule has 158 valence electrons. The fourth-order valence-electron chi connectivity index (χ4n) is 3.51. The molecule has 2 aromatic carbocycles. The predicted octanol–water partition coefficient (Wildman–Crippen LogP) is 5.21. The lowest BCUT2D eigenvalue weighted by molar-refractivity contribution is 0.0958. The van der Waals surface area contributed by atoms with Crippen LogP contribution in [0.3, 0.4) is 0 Å². The summed E-state index contributed by atoms with van der Waals surface area (Å²) in [6.45, 7) is 2.30. The van der Waals surface area contributed by atoms with Crippen LogP contribution in [0.15, 0.2) is 82.1 Å². The number of rotatable bonds is 5. The number of hydrogen-bond donors (Lipinski definition) is 0. The molecule has 0 bridgehead atoms. The van der Waals surface area contributed by atoms with Crippen molar-refractivity contribution in [2.75, 3.05) is 4.90 Å². The number of fused-ring (bicyclic) bond motifs is 2. The molecule has 0 radical (unpaired) electrons. The maximum absolute atomic E-state index is 13.6. The van der Waals surface area contributed by atoms with Crippen LogP contribution in [-0.4, -0.2) is 15.9 Å². The first-order valence-electron chi connectivity index (χ1n) is 10.3. The van der Waals surface area contributed by atoms with E-state index >= 15 is 0 Å². The summed E-state index contributed by atoms with van der Waals surface area (Å²) >= 11 is 1.43. The van der Waals surface area contributed by atoms with Crippen molar-refractivity contribution < 1.29 is 9.21 Å². The van der Waals surface area contributed by atoms with E-state index in [1.165, 1.54) is 27.9 Å². The Morgan fingerprint density at radius 3 is 2.72 bits per heavy atom. The number of hydrogen-bond acceptors (Lipinski definition) is 6. The SMILES string of the molecule is CCc1ccc2nc(N(Cc3ccccn3)C(=O)c3cc(=O)c4ccccc4o3)sc2c1. The van der Waals surface area contributed by atoms with Crippen LogP contribution in [0.4, 0.5) is 5.13 Å². The zero-order valence-electron chi connectivity index (χ0n) is 17.3. The van der Waals surface area contributed by atoms with Gasteiger partial charge in [0.1, 0.15) is 5.58 Å². The van der Waals surface area contributed by atoms with Crippen LogP contribution in [0.1, 0.15) is 28.7 Å². The molecule has 5 rings (SSSR count). The third kappa shape index (κ3) is 3.78. The van der Waals surface area contributed by atoms with Crippen LogP contribution in [0.25, 0.3) is 21.2 Å². The summed E-state index contributed by atoms with van der Waals surface area (Å²) in [7, 11) is 0. The zero-order valence-corrected chi connectivity index (χ0v) is 18.1. The van der Waals surface area contributed by atoms with Gasteiger partial charge in [-0.3, -0.25) is 19.5 Å². The summed E-state index contributed by atoms with van der Waals surface area (Å²) in [6, 6.07) is 19.8. The minimum Gasteiger partial charge on any atom is -0.451 e. The summed E-state index contributed by atoms with van der Waals surface area (Å²) in [5.74, 6) is -0.466. The fourth-order valence-corrected chi connectivity index (χ4v) is 4.54. The summed E-state index contributed by atoms with van der Waals surface area (Å²) in [6.07, 6.45) is 2.60. The lowest BCUT2D eigenvalue weighted by atomic mass is 10.2. The highest BCUT2D eigenvalue weighted by Crippen LogP contribution is 2.31. The Hall–Kier alpha value is -3.84. The molecule has 0 fully saturated rings. The number of benzene rings is 2. The number of nitrogens with zero attached hydrogens (tertiary/aromatic N) is 3. The van der Waals surface area contributed by atoms with Gasteiger partial charge in [0.2, 0.25) is 0 Å². The van der Waals surface area contributed by atoms with Gasteiger partial charge in [-0.15, -0.1) is 0 Å². The van der Waals surface area contributed by atoms with Crippen molar-refractivity contribution in [3.05, 3.63) is 100 Å². The van der Waals surface area contributed by atoms with Crippen molar-refractivity contribution in [2.45, 2.75) is 19.9 Å². The minimum atomic E-state index is -0.437. The van der Waals surface area contributed by atoms with Crippen molar-refractivity contribution in [2.24, 2.45) is 0 Å². The zero-order chi connectivity index (χ0) is 22.1. The molecule has 32 heavy (non-hydrogen) atoms. The van der Waals surface area contributed by atoms with Gasteiger partial charge in [0, 0.05) is 12.3 Å². The lowest BCUT2D eigenvalue weighted by Crippen LogP contribution is -2.31. The number of para-hydroxylation sites is 1. The molecule has 0 unspecified atom stereocenters. The van der Waals surface area contributed by atoms with E-state index in [9.17, 15) is 9.59 Å². The quantitative estimate of drug-likeness (QED) is 0.374. The van der Waals surface area contributed by atoms with Crippen molar-refractivity contribution in [1.82, 2.24) is 9.97 Å². The van der Waals surface area contributed by atoms with Crippen LogP contribution >= 0.6 is 11.3 Å². The molecule has 0 aliphatic carbocycles. The Labute approximate surface area is 187 Å². The predicted molar refractivity (Wildman–Crippen MR) is 126 cm³/mol. The first-order chi connectivity index (χ1) is 15.6. The second-order valence-corrected chi connectivity index (χ2v) is 8.34. The van der Waals surface area contributed by atoms with Crippen molar-refractivity contribution >= 4 is 43.6 Å². The Morgan fingerprint density at radius 1 is 1.06 bits per heavy atom. The standard InChI is InChI=1S/C25H19N3O3S/c1-2-16-10-11-19-23(13-16)32-25(27-19)28(15-17-7-5-6-12-26-17)24(30)22-14-20(29)18-8-3-4-9-21(18)31-22/h3-14H,2,15H2,1H3. The molecule has 0 aliphatic rings. The molecule has 1 amide bonds. The van der Waals surface area contributed by atoms with E-state index in [-0.39, 0.29) is 17.7 Å². The number of carbonyl (C=O) groups is 1. The van der Waals surface area contributed by atoms with Gasteiger partial charge in [-0.2, -0.15) is 0 Å². The molecular weight excluding hydrogens is 422 g/mol. The topological polar surface area (TPSA) is 76.3 Å². The molecule has 7 heteroatoms. The third-order valence-electron chi connectivity index (χ3n) is 5.22. The van der Waals surface area contributed by atoms with Crippen LogP contribution in [0.5, 0.6) is 0 Å². The van der Waals surface area contributed by atoms with Crippen molar-refractivity contribution in [3.63, 3.8) is 0 Å². The van der Waals surface area contributed by atoms with Crippen molar-refractivity contribution in [3.8, 4) is 0 Å². The molecular formula is C25H19N3O3S. The molecule has 0 saturated heterocycles. The van der Waals surface area contributed by atoms with Gasteiger partial charge in [0.15, 0.2) is 16.3 Å². The van der Waals surface area contributed by atoms with E-state index in [2.05, 4.69) is 18.0 Å². The second-order valence-electron chi connectivity index (χ2n) is 7.34. The molecule has 0 atom stereocenters.